The third-order valence-electron chi connectivity index (χ3n) is 3.76. The number of ether oxygens (including phenoxy) is 2. The summed E-state index contributed by atoms with van der Waals surface area (Å²) in [4.78, 5) is 25.3. The van der Waals surface area contributed by atoms with Gasteiger partial charge in [0.15, 0.2) is 11.5 Å². The largest absolute Gasteiger partial charge is 0.493 e. The minimum absolute atomic E-state index is 0.0532. The molecule has 0 unspecified atom stereocenters. The summed E-state index contributed by atoms with van der Waals surface area (Å²) in [5, 5.41) is 8.89. The third kappa shape index (κ3) is 4.73. The summed E-state index contributed by atoms with van der Waals surface area (Å²) in [6.45, 7) is 0.825. The molecule has 0 atom stereocenters. The van der Waals surface area contributed by atoms with E-state index in [4.69, 9.17) is 14.6 Å². The average Bonchev–Trinajstić information content (AvgIpc) is 3.34. The van der Waals surface area contributed by atoms with Crippen LogP contribution in [-0.2, 0) is 4.79 Å². The number of halogens is 1. The molecule has 1 N–H and O–H groups in total. The normalized spacial score (nSPS) is 13.5. The Morgan fingerprint density at radius 2 is 1.87 bits per heavy atom. The fourth-order valence-corrected chi connectivity index (χ4v) is 2.98. The Morgan fingerprint density at radius 1 is 1.26 bits per heavy atom. The zero-order valence-corrected chi connectivity index (χ0v) is 15.3. The SMILES string of the molecule is COc1cc(I)c(C(=O)N(CCC(=O)O)CC2CC2)cc1OC. The Bertz CT molecular complexity index is 600. The maximum atomic E-state index is 12.8. The lowest BCUT2D eigenvalue weighted by Gasteiger charge is -2.23. The smallest absolute Gasteiger partial charge is 0.305 e. The summed E-state index contributed by atoms with van der Waals surface area (Å²) in [6, 6.07) is 3.41. The Hall–Kier alpha value is -1.51. The van der Waals surface area contributed by atoms with Crippen molar-refractivity contribution in [3.63, 3.8) is 0 Å². The van der Waals surface area contributed by atoms with Crippen molar-refractivity contribution in [1.82, 2.24) is 4.90 Å². The quantitative estimate of drug-likeness (QED) is 0.639. The van der Waals surface area contributed by atoms with Crippen LogP contribution in [0.4, 0.5) is 0 Å². The lowest BCUT2D eigenvalue weighted by molar-refractivity contribution is -0.137. The molecule has 1 aliphatic carbocycles. The van der Waals surface area contributed by atoms with Gasteiger partial charge in [-0.25, -0.2) is 0 Å². The van der Waals surface area contributed by atoms with Gasteiger partial charge >= 0.3 is 5.97 Å². The number of carbonyl (C=O) groups is 2. The maximum absolute atomic E-state index is 12.8. The number of carboxylic acid groups (broad SMARTS) is 1. The molecule has 1 aliphatic rings. The van der Waals surface area contributed by atoms with Crippen molar-refractivity contribution in [1.29, 1.82) is 0 Å². The Kier molecular flexibility index (Phi) is 6.09. The van der Waals surface area contributed by atoms with Crippen molar-refractivity contribution >= 4 is 34.5 Å². The molecule has 0 aromatic heterocycles. The van der Waals surface area contributed by atoms with Gasteiger partial charge in [0, 0.05) is 16.7 Å². The van der Waals surface area contributed by atoms with E-state index in [1.165, 1.54) is 7.11 Å². The number of carbonyl (C=O) groups excluding carboxylic acids is 1. The zero-order valence-electron chi connectivity index (χ0n) is 13.2. The molecular formula is C16H20INO5. The van der Waals surface area contributed by atoms with Crippen molar-refractivity contribution in [2.24, 2.45) is 5.92 Å². The number of amides is 1. The van der Waals surface area contributed by atoms with Gasteiger partial charge in [-0.3, -0.25) is 9.59 Å². The predicted octanol–water partition coefficient (Wildman–Crippen LogP) is 2.64. The van der Waals surface area contributed by atoms with E-state index < -0.39 is 5.97 Å². The number of rotatable bonds is 8. The summed E-state index contributed by atoms with van der Waals surface area (Å²) < 4.78 is 11.2. The van der Waals surface area contributed by atoms with E-state index in [2.05, 4.69) is 22.6 Å². The highest BCUT2D eigenvalue weighted by Gasteiger charge is 2.28. The van der Waals surface area contributed by atoms with Gasteiger partial charge < -0.3 is 19.5 Å². The number of hydrogen-bond donors (Lipinski definition) is 1. The molecular weight excluding hydrogens is 413 g/mol. The number of methoxy groups -OCH3 is 2. The number of nitrogens with zero attached hydrogens (tertiary/aromatic N) is 1. The van der Waals surface area contributed by atoms with Crippen LogP contribution in [0.15, 0.2) is 12.1 Å². The highest BCUT2D eigenvalue weighted by molar-refractivity contribution is 14.1. The minimum atomic E-state index is -0.902. The van der Waals surface area contributed by atoms with Gasteiger partial charge in [-0.15, -0.1) is 0 Å². The molecule has 126 valence electrons. The van der Waals surface area contributed by atoms with Gasteiger partial charge in [0.2, 0.25) is 0 Å². The molecule has 6 nitrogen and oxygen atoms in total. The van der Waals surface area contributed by atoms with E-state index in [9.17, 15) is 9.59 Å². The molecule has 0 spiro atoms. The molecule has 1 aromatic carbocycles. The number of aliphatic carboxylic acids is 1. The molecule has 1 fully saturated rings. The first-order chi connectivity index (χ1) is 11.0. The maximum Gasteiger partial charge on any atom is 0.305 e. The van der Waals surface area contributed by atoms with Crippen molar-refractivity contribution in [3.8, 4) is 11.5 Å². The molecule has 23 heavy (non-hydrogen) atoms. The van der Waals surface area contributed by atoms with Gasteiger partial charge in [-0.05, 0) is 53.5 Å². The van der Waals surface area contributed by atoms with E-state index in [1.807, 2.05) is 0 Å². The van der Waals surface area contributed by atoms with E-state index in [0.29, 0.717) is 29.5 Å². The first-order valence-electron chi connectivity index (χ1n) is 7.38. The van der Waals surface area contributed by atoms with Gasteiger partial charge in [0.25, 0.3) is 5.91 Å². The summed E-state index contributed by atoms with van der Waals surface area (Å²) in [5.74, 6) is 0.475. The van der Waals surface area contributed by atoms with Crippen LogP contribution >= 0.6 is 22.6 Å². The Labute approximate surface area is 148 Å². The van der Waals surface area contributed by atoms with Crippen LogP contribution in [0.25, 0.3) is 0 Å². The molecule has 7 heteroatoms. The van der Waals surface area contributed by atoms with Crippen molar-refractivity contribution in [2.45, 2.75) is 19.3 Å². The zero-order chi connectivity index (χ0) is 17.0. The average molecular weight is 433 g/mol. The van der Waals surface area contributed by atoms with Gasteiger partial charge in [-0.1, -0.05) is 0 Å². The topological polar surface area (TPSA) is 76.1 Å². The van der Waals surface area contributed by atoms with Gasteiger partial charge in [-0.2, -0.15) is 0 Å². The Balaban J connectivity index is 2.25. The molecule has 1 saturated carbocycles. The number of carboxylic acids is 1. The van der Waals surface area contributed by atoms with Crippen LogP contribution in [0.2, 0.25) is 0 Å². The number of hydrogen-bond acceptors (Lipinski definition) is 4. The first-order valence-corrected chi connectivity index (χ1v) is 8.46. The molecule has 0 aliphatic heterocycles. The summed E-state index contributed by atoms with van der Waals surface area (Å²) in [7, 11) is 3.06. The minimum Gasteiger partial charge on any atom is -0.493 e. The van der Waals surface area contributed by atoms with E-state index >= 15 is 0 Å². The highest BCUT2D eigenvalue weighted by Crippen LogP contribution is 2.33. The van der Waals surface area contributed by atoms with Crippen molar-refractivity contribution < 1.29 is 24.2 Å². The van der Waals surface area contributed by atoms with Gasteiger partial charge in [0.1, 0.15) is 0 Å². The molecule has 1 aromatic rings. The van der Waals surface area contributed by atoms with Crippen molar-refractivity contribution in [3.05, 3.63) is 21.3 Å². The molecule has 1 amide bonds. The second-order valence-electron chi connectivity index (χ2n) is 5.53. The standard InChI is InChI=1S/C16H20INO5/c1-22-13-7-11(12(17)8-14(13)23-2)16(21)18(6-5-15(19)20)9-10-3-4-10/h7-8,10H,3-6,9H2,1-2H3,(H,19,20). The Morgan fingerprint density at radius 3 is 2.39 bits per heavy atom. The van der Waals surface area contributed by atoms with Crippen LogP contribution in [0, 0.1) is 9.49 Å². The second kappa shape index (κ2) is 7.85. The van der Waals surface area contributed by atoms with Crippen molar-refractivity contribution in [2.75, 3.05) is 27.3 Å². The molecule has 2 rings (SSSR count). The molecule has 0 heterocycles. The fourth-order valence-electron chi connectivity index (χ4n) is 2.31. The third-order valence-corrected chi connectivity index (χ3v) is 4.65. The van der Waals surface area contributed by atoms with Crippen LogP contribution in [0.5, 0.6) is 11.5 Å². The summed E-state index contributed by atoms with van der Waals surface area (Å²) in [5.41, 5.74) is 0.509. The molecule has 0 bridgehead atoms. The fraction of sp³-hybridized carbons (Fsp3) is 0.500. The van der Waals surface area contributed by atoms with Gasteiger partial charge in [0.05, 0.1) is 26.2 Å². The van der Waals surface area contributed by atoms with Crippen LogP contribution < -0.4 is 9.47 Å². The lowest BCUT2D eigenvalue weighted by Crippen LogP contribution is -2.35. The summed E-state index contributed by atoms with van der Waals surface area (Å²) in [6.07, 6.45) is 2.14. The molecule has 0 radical (unpaired) electrons. The first kappa shape index (κ1) is 17.8. The summed E-state index contributed by atoms with van der Waals surface area (Å²) >= 11 is 2.08. The number of benzene rings is 1. The van der Waals surface area contributed by atoms with Crippen LogP contribution in [0.1, 0.15) is 29.6 Å². The van der Waals surface area contributed by atoms with E-state index in [-0.39, 0.29) is 18.9 Å². The van der Waals surface area contributed by atoms with E-state index in [0.717, 1.165) is 16.4 Å². The lowest BCUT2D eigenvalue weighted by atomic mass is 10.1. The molecule has 0 saturated heterocycles. The van der Waals surface area contributed by atoms with Crippen LogP contribution in [0.3, 0.4) is 0 Å². The monoisotopic (exact) mass is 433 g/mol. The predicted molar refractivity (Wildman–Crippen MR) is 93.1 cm³/mol. The van der Waals surface area contributed by atoms with Crippen LogP contribution in [-0.4, -0.2) is 49.2 Å². The second-order valence-corrected chi connectivity index (χ2v) is 6.69. The van der Waals surface area contributed by atoms with E-state index in [1.54, 1.807) is 24.1 Å². The highest BCUT2D eigenvalue weighted by atomic mass is 127.